The second kappa shape index (κ2) is 5.80. The highest BCUT2D eigenvalue weighted by atomic mass is 16.4. The van der Waals surface area contributed by atoms with Gasteiger partial charge in [-0.25, -0.2) is 4.79 Å². The molecule has 0 radical (unpaired) electrons. The van der Waals surface area contributed by atoms with Crippen molar-refractivity contribution in [2.24, 2.45) is 0 Å². The van der Waals surface area contributed by atoms with Crippen LogP contribution in [0.2, 0.25) is 0 Å². The standard InChI is InChI=1S/C17H21NO2/c19-17(20)16-12-18(14-8-4-5-9-14)11-10-15(16)13-6-2-1-3-7-13/h1-3,6-7,14H,4-5,8-12H2,(H,19,20). The fourth-order valence-corrected chi connectivity index (χ4v) is 3.52. The maximum Gasteiger partial charge on any atom is 0.333 e. The van der Waals surface area contributed by atoms with E-state index in [1.54, 1.807) is 0 Å². The molecule has 1 fully saturated rings. The molecule has 1 aliphatic heterocycles. The van der Waals surface area contributed by atoms with Crippen LogP contribution in [0.4, 0.5) is 0 Å². The fraction of sp³-hybridized carbons (Fsp3) is 0.471. The van der Waals surface area contributed by atoms with Gasteiger partial charge in [-0.1, -0.05) is 43.2 Å². The Hall–Kier alpha value is -1.61. The molecule has 20 heavy (non-hydrogen) atoms. The number of aliphatic carboxylic acids is 1. The molecule has 1 heterocycles. The molecular weight excluding hydrogens is 250 g/mol. The fourth-order valence-electron chi connectivity index (χ4n) is 3.52. The Labute approximate surface area is 119 Å². The zero-order valence-electron chi connectivity index (χ0n) is 11.7. The molecule has 0 saturated heterocycles. The largest absolute Gasteiger partial charge is 0.478 e. The van der Waals surface area contributed by atoms with E-state index in [-0.39, 0.29) is 0 Å². The van der Waals surface area contributed by atoms with E-state index in [4.69, 9.17) is 0 Å². The summed E-state index contributed by atoms with van der Waals surface area (Å²) < 4.78 is 0. The van der Waals surface area contributed by atoms with Gasteiger partial charge in [-0.2, -0.15) is 0 Å². The smallest absolute Gasteiger partial charge is 0.333 e. The van der Waals surface area contributed by atoms with Crippen LogP contribution in [0.5, 0.6) is 0 Å². The van der Waals surface area contributed by atoms with Crippen LogP contribution < -0.4 is 0 Å². The maximum atomic E-state index is 11.6. The van der Waals surface area contributed by atoms with Crippen molar-refractivity contribution in [3.8, 4) is 0 Å². The molecule has 1 aromatic rings. The highest BCUT2D eigenvalue weighted by molar-refractivity contribution is 5.97. The first-order valence-electron chi connectivity index (χ1n) is 7.50. The van der Waals surface area contributed by atoms with Crippen LogP contribution in [0.3, 0.4) is 0 Å². The average Bonchev–Trinajstić information content (AvgIpc) is 3.02. The zero-order chi connectivity index (χ0) is 13.9. The molecule has 0 atom stereocenters. The first-order valence-corrected chi connectivity index (χ1v) is 7.50. The Balaban J connectivity index is 1.87. The predicted molar refractivity (Wildman–Crippen MR) is 79.4 cm³/mol. The molecule has 106 valence electrons. The van der Waals surface area contributed by atoms with Gasteiger partial charge in [0.1, 0.15) is 0 Å². The predicted octanol–water partition coefficient (Wildman–Crippen LogP) is 3.17. The summed E-state index contributed by atoms with van der Waals surface area (Å²) >= 11 is 0. The lowest BCUT2D eigenvalue weighted by atomic mass is 9.92. The van der Waals surface area contributed by atoms with E-state index in [0.29, 0.717) is 18.2 Å². The summed E-state index contributed by atoms with van der Waals surface area (Å²) in [5.74, 6) is -0.758. The normalized spacial score (nSPS) is 21.4. The lowest BCUT2D eigenvalue weighted by molar-refractivity contribution is -0.133. The molecule has 1 aromatic carbocycles. The van der Waals surface area contributed by atoms with Crippen molar-refractivity contribution in [1.82, 2.24) is 4.90 Å². The minimum Gasteiger partial charge on any atom is -0.478 e. The van der Waals surface area contributed by atoms with Gasteiger partial charge in [0.05, 0.1) is 5.57 Å². The number of rotatable bonds is 3. The first kappa shape index (κ1) is 13.4. The second-order valence-electron chi connectivity index (χ2n) is 5.79. The third-order valence-corrected chi connectivity index (χ3v) is 4.60. The Morgan fingerprint density at radius 1 is 1.15 bits per heavy atom. The molecule has 0 amide bonds. The van der Waals surface area contributed by atoms with Crippen molar-refractivity contribution in [2.45, 2.75) is 38.1 Å². The molecule has 1 saturated carbocycles. The van der Waals surface area contributed by atoms with Crippen molar-refractivity contribution in [1.29, 1.82) is 0 Å². The molecule has 0 aromatic heterocycles. The third-order valence-electron chi connectivity index (χ3n) is 4.60. The summed E-state index contributed by atoms with van der Waals surface area (Å²) in [6.45, 7) is 1.59. The Bertz CT molecular complexity index is 515. The van der Waals surface area contributed by atoms with Crippen LogP contribution in [0.25, 0.3) is 5.57 Å². The maximum absolute atomic E-state index is 11.6. The molecule has 2 aliphatic rings. The minimum absolute atomic E-state index is 0.592. The van der Waals surface area contributed by atoms with E-state index in [1.807, 2.05) is 30.3 Å². The summed E-state index contributed by atoms with van der Waals surface area (Å²) in [5, 5.41) is 9.55. The van der Waals surface area contributed by atoms with E-state index in [0.717, 1.165) is 24.1 Å². The lowest BCUT2D eigenvalue weighted by Crippen LogP contribution is -2.40. The van der Waals surface area contributed by atoms with Crippen LogP contribution in [0.15, 0.2) is 35.9 Å². The number of carboxylic acids is 1. The molecule has 0 unspecified atom stereocenters. The molecule has 3 nitrogen and oxygen atoms in total. The van der Waals surface area contributed by atoms with Gasteiger partial charge < -0.3 is 5.11 Å². The summed E-state index contributed by atoms with van der Waals surface area (Å²) in [7, 11) is 0. The molecule has 0 spiro atoms. The van der Waals surface area contributed by atoms with Crippen LogP contribution in [-0.4, -0.2) is 35.1 Å². The zero-order valence-corrected chi connectivity index (χ0v) is 11.7. The number of hydrogen-bond donors (Lipinski definition) is 1. The van der Waals surface area contributed by atoms with E-state index in [9.17, 15) is 9.90 Å². The molecular formula is C17H21NO2. The van der Waals surface area contributed by atoms with E-state index < -0.39 is 5.97 Å². The lowest BCUT2D eigenvalue weighted by Gasteiger charge is -2.34. The molecule has 3 rings (SSSR count). The highest BCUT2D eigenvalue weighted by Crippen LogP contribution is 2.32. The number of nitrogens with zero attached hydrogens (tertiary/aromatic N) is 1. The van der Waals surface area contributed by atoms with Crippen molar-refractivity contribution in [3.63, 3.8) is 0 Å². The Kier molecular flexibility index (Phi) is 3.88. The van der Waals surface area contributed by atoms with Crippen LogP contribution >= 0.6 is 0 Å². The highest BCUT2D eigenvalue weighted by Gasteiger charge is 2.29. The van der Waals surface area contributed by atoms with Gasteiger partial charge in [-0.15, -0.1) is 0 Å². The van der Waals surface area contributed by atoms with Crippen molar-refractivity contribution < 1.29 is 9.90 Å². The minimum atomic E-state index is -0.758. The van der Waals surface area contributed by atoms with Gasteiger partial charge >= 0.3 is 5.97 Å². The average molecular weight is 271 g/mol. The summed E-state index contributed by atoms with van der Waals surface area (Å²) in [5.41, 5.74) is 2.68. The topological polar surface area (TPSA) is 40.5 Å². The van der Waals surface area contributed by atoms with Gasteiger partial charge in [0.2, 0.25) is 0 Å². The number of hydrogen-bond acceptors (Lipinski definition) is 2. The number of carboxylic acid groups (broad SMARTS) is 1. The van der Waals surface area contributed by atoms with Crippen molar-refractivity contribution >= 4 is 11.5 Å². The van der Waals surface area contributed by atoms with Crippen molar-refractivity contribution in [2.75, 3.05) is 13.1 Å². The van der Waals surface area contributed by atoms with Gasteiger partial charge in [0, 0.05) is 19.1 Å². The Morgan fingerprint density at radius 3 is 2.50 bits per heavy atom. The molecule has 3 heteroatoms. The molecule has 0 bridgehead atoms. The quantitative estimate of drug-likeness (QED) is 0.918. The van der Waals surface area contributed by atoms with E-state index in [2.05, 4.69) is 4.90 Å². The number of benzene rings is 1. The third kappa shape index (κ3) is 2.63. The van der Waals surface area contributed by atoms with Gasteiger partial charge in [-0.05, 0) is 30.4 Å². The first-order chi connectivity index (χ1) is 9.75. The number of carbonyl (C=O) groups is 1. The van der Waals surface area contributed by atoms with Crippen LogP contribution in [0.1, 0.15) is 37.7 Å². The summed E-state index contributed by atoms with van der Waals surface area (Å²) in [6.07, 6.45) is 5.89. The van der Waals surface area contributed by atoms with Crippen molar-refractivity contribution in [3.05, 3.63) is 41.5 Å². The Morgan fingerprint density at radius 2 is 1.85 bits per heavy atom. The van der Waals surface area contributed by atoms with E-state index in [1.165, 1.54) is 25.7 Å². The molecule has 1 aliphatic carbocycles. The van der Waals surface area contributed by atoms with Gasteiger partial charge in [0.25, 0.3) is 0 Å². The summed E-state index contributed by atoms with van der Waals surface area (Å²) in [6, 6.07) is 10.6. The second-order valence-corrected chi connectivity index (χ2v) is 5.79. The molecule has 1 N–H and O–H groups in total. The van der Waals surface area contributed by atoms with Gasteiger partial charge in [0.15, 0.2) is 0 Å². The van der Waals surface area contributed by atoms with Gasteiger partial charge in [-0.3, -0.25) is 4.90 Å². The van der Waals surface area contributed by atoms with E-state index >= 15 is 0 Å². The van der Waals surface area contributed by atoms with Crippen LogP contribution in [0, 0.1) is 0 Å². The summed E-state index contributed by atoms with van der Waals surface area (Å²) in [4.78, 5) is 14.0. The monoisotopic (exact) mass is 271 g/mol. The van der Waals surface area contributed by atoms with Crippen LogP contribution in [-0.2, 0) is 4.79 Å². The SMILES string of the molecule is O=C(O)C1=C(c2ccccc2)CCN(C2CCCC2)C1.